The standard InChI is InChI=1S/C17H24N6O2/c1-10-3-4-14(13(19)5-6-18)23(9-10)17(25)16(24)22-12-7-11(2)15(20)21-8-12/h5-8,10,14,19H,3-4,9,18H2,1-2H3,(H2,20,21)(H,22,24)/b6-5-,19-13?/t10-,14+/m1/s1. The Hall–Kier alpha value is -2.90. The van der Waals surface area contributed by atoms with Crippen molar-refractivity contribution in [3.63, 3.8) is 0 Å². The van der Waals surface area contributed by atoms with Gasteiger partial charge < -0.3 is 27.1 Å². The maximum Gasteiger partial charge on any atom is 0.313 e. The zero-order valence-corrected chi connectivity index (χ0v) is 14.5. The number of nitrogens with zero attached hydrogens (tertiary/aromatic N) is 2. The molecule has 1 aliphatic heterocycles. The first-order valence-corrected chi connectivity index (χ1v) is 8.14. The number of nitrogen functional groups attached to an aromatic ring is 1. The minimum atomic E-state index is -0.755. The van der Waals surface area contributed by atoms with Gasteiger partial charge in [-0.1, -0.05) is 6.92 Å². The highest BCUT2D eigenvalue weighted by molar-refractivity contribution is 6.40. The number of pyridine rings is 1. The molecule has 0 unspecified atom stereocenters. The van der Waals surface area contributed by atoms with Crippen LogP contribution in [0, 0.1) is 18.3 Å². The lowest BCUT2D eigenvalue weighted by Gasteiger charge is -2.37. The molecule has 0 radical (unpaired) electrons. The van der Waals surface area contributed by atoms with Crippen molar-refractivity contribution in [2.75, 3.05) is 17.6 Å². The van der Waals surface area contributed by atoms with Crippen LogP contribution in [-0.2, 0) is 9.59 Å². The lowest BCUT2D eigenvalue weighted by molar-refractivity contribution is -0.145. The number of aryl methyl sites for hydroxylation is 1. The predicted octanol–water partition coefficient (Wildman–Crippen LogP) is 1.03. The molecule has 8 nitrogen and oxygen atoms in total. The summed E-state index contributed by atoms with van der Waals surface area (Å²) < 4.78 is 0. The number of amides is 2. The van der Waals surface area contributed by atoms with Crippen LogP contribution in [0.2, 0.25) is 0 Å². The smallest absolute Gasteiger partial charge is 0.313 e. The van der Waals surface area contributed by atoms with E-state index in [2.05, 4.69) is 10.3 Å². The fourth-order valence-electron chi connectivity index (χ4n) is 2.88. The summed E-state index contributed by atoms with van der Waals surface area (Å²) in [5.41, 5.74) is 12.3. The fraction of sp³-hybridized carbons (Fsp3) is 0.412. The molecule has 2 amide bonds. The summed E-state index contributed by atoms with van der Waals surface area (Å²) in [6, 6.07) is 1.21. The molecule has 0 bridgehead atoms. The van der Waals surface area contributed by atoms with Gasteiger partial charge in [-0.15, -0.1) is 0 Å². The van der Waals surface area contributed by atoms with Gasteiger partial charge in [-0.2, -0.15) is 0 Å². The first-order chi connectivity index (χ1) is 11.8. The lowest BCUT2D eigenvalue weighted by atomic mass is 9.91. The maximum atomic E-state index is 12.6. The van der Waals surface area contributed by atoms with Gasteiger partial charge in [0.1, 0.15) is 5.82 Å². The number of aromatic nitrogens is 1. The molecule has 0 aliphatic carbocycles. The average Bonchev–Trinajstić information content (AvgIpc) is 2.57. The summed E-state index contributed by atoms with van der Waals surface area (Å²) in [6.45, 7) is 4.21. The number of nitrogens with one attached hydrogen (secondary N) is 2. The molecule has 0 aromatic carbocycles. The van der Waals surface area contributed by atoms with Crippen LogP contribution in [0.1, 0.15) is 25.3 Å². The summed E-state index contributed by atoms with van der Waals surface area (Å²) in [6.07, 6.45) is 5.64. The van der Waals surface area contributed by atoms with Gasteiger partial charge in [-0.25, -0.2) is 4.98 Å². The normalized spacial score (nSPS) is 20.5. The molecule has 1 aliphatic rings. The minimum absolute atomic E-state index is 0.223. The van der Waals surface area contributed by atoms with E-state index < -0.39 is 17.9 Å². The van der Waals surface area contributed by atoms with Gasteiger partial charge in [0.25, 0.3) is 0 Å². The SMILES string of the molecule is Cc1cc(NC(=O)C(=O)N2C[C@H](C)CC[C@H]2C(=N)/C=C\N)cnc1N. The van der Waals surface area contributed by atoms with Crippen molar-refractivity contribution in [2.45, 2.75) is 32.7 Å². The van der Waals surface area contributed by atoms with E-state index in [0.717, 1.165) is 6.42 Å². The highest BCUT2D eigenvalue weighted by atomic mass is 16.2. The van der Waals surface area contributed by atoms with E-state index in [-0.39, 0.29) is 11.6 Å². The van der Waals surface area contributed by atoms with Crippen molar-refractivity contribution < 1.29 is 9.59 Å². The number of rotatable bonds is 3. The number of nitrogens with two attached hydrogens (primary N) is 2. The molecule has 1 aromatic rings. The van der Waals surface area contributed by atoms with Crippen LogP contribution in [-0.4, -0.2) is 40.0 Å². The largest absolute Gasteiger partial charge is 0.405 e. The third kappa shape index (κ3) is 4.34. The Morgan fingerprint density at radius 1 is 1.44 bits per heavy atom. The van der Waals surface area contributed by atoms with E-state index >= 15 is 0 Å². The van der Waals surface area contributed by atoms with Gasteiger partial charge in [-0.3, -0.25) is 9.59 Å². The summed E-state index contributed by atoms with van der Waals surface area (Å²) in [7, 11) is 0. The summed E-state index contributed by atoms with van der Waals surface area (Å²) >= 11 is 0. The van der Waals surface area contributed by atoms with Gasteiger partial charge in [0, 0.05) is 6.54 Å². The molecule has 1 fully saturated rings. The van der Waals surface area contributed by atoms with E-state index in [4.69, 9.17) is 16.9 Å². The van der Waals surface area contributed by atoms with Crippen molar-refractivity contribution in [1.82, 2.24) is 9.88 Å². The van der Waals surface area contributed by atoms with Crippen LogP contribution in [0.3, 0.4) is 0 Å². The van der Waals surface area contributed by atoms with Crippen LogP contribution in [0.15, 0.2) is 24.5 Å². The molecule has 6 N–H and O–H groups in total. The second-order valence-corrected chi connectivity index (χ2v) is 6.35. The average molecular weight is 344 g/mol. The fourth-order valence-corrected chi connectivity index (χ4v) is 2.88. The van der Waals surface area contributed by atoms with Crippen LogP contribution in [0.25, 0.3) is 0 Å². The summed E-state index contributed by atoms with van der Waals surface area (Å²) in [5.74, 6) is -0.782. The van der Waals surface area contributed by atoms with Crippen molar-refractivity contribution in [3.05, 3.63) is 30.1 Å². The monoisotopic (exact) mass is 344 g/mol. The Morgan fingerprint density at radius 2 is 2.16 bits per heavy atom. The summed E-state index contributed by atoms with van der Waals surface area (Å²) in [4.78, 5) is 30.4. The van der Waals surface area contributed by atoms with E-state index in [9.17, 15) is 9.59 Å². The van der Waals surface area contributed by atoms with E-state index in [1.165, 1.54) is 23.4 Å². The van der Waals surface area contributed by atoms with Crippen molar-refractivity contribution in [3.8, 4) is 0 Å². The van der Waals surface area contributed by atoms with Crippen molar-refractivity contribution in [2.24, 2.45) is 11.7 Å². The number of anilines is 2. The van der Waals surface area contributed by atoms with E-state index in [1.807, 2.05) is 6.92 Å². The molecular weight excluding hydrogens is 320 g/mol. The lowest BCUT2D eigenvalue weighted by Crippen LogP contribution is -2.53. The molecule has 0 saturated carbocycles. The van der Waals surface area contributed by atoms with Gasteiger partial charge in [0.05, 0.1) is 23.6 Å². The molecule has 0 spiro atoms. The molecular formula is C17H24N6O2. The Morgan fingerprint density at radius 3 is 2.80 bits per heavy atom. The molecule has 134 valence electrons. The Kier molecular flexibility index (Phi) is 5.74. The Labute approximate surface area is 146 Å². The predicted molar refractivity (Wildman–Crippen MR) is 97.0 cm³/mol. The number of piperidine rings is 1. The zero-order chi connectivity index (χ0) is 18.6. The number of likely N-dealkylation sites (tertiary alicyclic amines) is 1. The van der Waals surface area contributed by atoms with E-state index in [0.29, 0.717) is 30.0 Å². The van der Waals surface area contributed by atoms with Gasteiger partial charge in [0.15, 0.2) is 0 Å². The molecule has 1 saturated heterocycles. The molecule has 2 heterocycles. The van der Waals surface area contributed by atoms with E-state index in [1.54, 1.807) is 13.0 Å². The highest BCUT2D eigenvalue weighted by Gasteiger charge is 2.34. The number of hydrogen-bond acceptors (Lipinski definition) is 6. The summed E-state index contributed by atoms with van der Waals surface area (Å²) in [5, 5.41) is 10.6. The second kappa shape index (κ2) is 7.78. The topological polar surface area (TPSA) is 138 Å². The number of hydrogen-bond donors (Lipinski definition) is 4. The maximum absolute atomic E-state index is 12.6. The molecule has 2 rings (SSSR count). The van der Waals surface area contributed by atoms with Crippen molar-refractivity contribution in [1.29, 1.82) is 5.41 Å². The van der Waals surface area contributed by atoms with Gasteiger partial charge in [0.2, 0.25) is 0 Å². The minimum Gasteiger partial charge on any atom is -0.405 e. The third-order valence-electron chi connectivity index (χ3n) is 4.28. The molecule has 1 aromatic heterocycles. The molecule has 25 heavy (non-hydrogen) atoms. The molecule has 2 atom stereocenters. The zero-order valence-electron chi connectivity index (χ0n) is 14.5. The van der Waals surface area contributed by atoms with Gasteiger partial charge in [-0.05, 0) is 49.6 Å². The van der Waals surface area contributed by atoms with Crippen LogP contribution in [0.4, 0.5) is 11.5 Å². The third-order valence-corrected chi connectivity index (χ3v) is 4.28. The highest BCUT2D eigenvalue weighted by Crippen LogP contribution is 2.23. The first-order valence-electron chi connectivity index (χ1n) is 8.14. The molecule has 8 heteroatoms. The van der Waals surface area contributed by atoms with Crippen LogP contribution in [0.5, 0.6) is 0 Å². The van der Waals surface area contributed by atoms with Gasteiger partial charge >= 0.3 is 11.8 Å². The van der Waals surface area contributed by atoms with Crippen LogP contribution < -0.4 is 16.8 Å². The number of carbonyl (C=O) groups is 2. The Bertz CT molecular complexity index is 715. The quantitative estimate of drug-likeness (QED) is 0.479. The number of carbonyl (C=O) groups excluding carboxylic acids is 2. The van der Waals surface area contributed by atoms with Crippen molar-refractivity contribution >= 4 is 29.0 Å². The Balaban J connectivity index is 2.15. The first kappa shape index (κ1) is 18.4. The second-order valence-electron chi connectivity index (χ2n) is 6.35. The van der Waals surface area contributed by atoms with Crippen LogP contribution >= 0.6 is 0 Å².